The lowest BCUT2D eigenvalue weighted by molar-refractivity contribution is 0.206. The van der Waals surface area contributed by atoms with E-state index in [0.29, 0.717) is 17.3 Å². The average molecular weight is 309 g/mol. The Kier molecular flexibility index (Phi) is 3.84. The van der Waals surface area contributed by atoms with E-state index in [0.717, 1.165) is 17.8 Å². The van der Waals surface area contributed by atoms with Crippen molar-refractivity contribution < 1.29 is 13.2 Å². The van der Waals surface area contributed by atoms with E-state index in [9.17, 15) is 13.2 Å². The van der Waals surface area contributed by atoms with Gasteiger partial charge in [0.2, 0.25) is 0 Å². The maximum Gasteiger partial charge on any atom is 0.315 e. The second-order valence-corrected chi connectivity index (χ2v) is 8.14. The van der Waals surface area contributed by atoms with Crippen LogP contribution in [0.4, 0.5) is 4.79 Å². The minimum atomic E-state index is -3.40. The first-order valence-electron chi connectivity index (χ1n) is 5.44. The number of urea groups is 1. The number of sulfone groups is 1. The van der Waals surface area contributed by atoms with Gasteiger partial charge in [-0.25, -0.2) is 13.2 Å². The van der Waals surface area contributed by atoms with Gasteiger partial charge in [-0.2, -0.15) is 0 Å². The van der Waals surface area contributed by atoms with Gasteiger partial charge in [-0.05, 0) is 25.0 Å². The van der Waals surface area contributed by atoms with Crippen molar-refractivity contribution in [3.8, 4) is 0 Å². The minimum Gasteiger partial charge on any atom is -0.351 e. The van der Waals surface area contributed by atoms with Crippen molar-refractivity contribution in [2.45, 2.75) is 23.1 Å². The van der Waals surface area contributed by atoms with Crippen LogP contribution in [0.2, 0.25) is 4.34 Å². The molecule has 0 spiro atoms. The summed E-state index contributed by atoms with van der Waals surface area (Å²) in [5.74, 6) is -0.0905. The molecule has 0 unspecified atom stereocenters. The standard InChI is InChI=1S/C10H13ClN2O3S2/c11-8-3-4-9(17-8)18(15,16)6-7-2-1-5-13(7)10(12)14/h3-4,7H,1-2,5-6H2,(H2,12,14)/t7-/m0/s1. The molecule has 2 amide bonds. The number of primary amides is 1. The number of likely N-dealkylation sites (tertiary alicyclic amines) is 1. The highest BCUT2D eigenvalue weighted by atomic mass is 35.5. The van der Waals surface area contributed by atoms with Crippen molar-refractivity contribution in [3.05, 3.63) is 16.5 Å². The van der Waals surface area contributed by atoms with Crippen LogP contribution >= 0.6 is 22.9 Å². The number of hydrogen-bond donors (Lipinski definition) is 1. The predicted molar refractivity (Wildman–Crippen MR) is 70.7 cm³/mol. The molecule has 18 heavy (non-hydrogen) atoms. The second-order valence-electron chi connectivity index (χ2n) is 4.17. The normalized spacial score (nSPS) is 20.3. The second kappa shape index (κ2) is 5.07. The Labute approximate surface area is 114 Å². The molecule has 1 aliphatic rings. The largest absolute Gasteiger partial charge is 0.351 e. The molecular weight excluding hydrogens is 296 g/mol. The van der Waals surface area contributed by atoms with Crippen LogP contribution in [-0.2, 0) is 9.84 Å². The number of amides is 2. The molecule has 1 aliphatic heterocycles. The number of hydrogen-bond acceptors (Lipinski definition) is 4. The van der Waals surface area contributed by atoms with Crippen LogP contribution in [0, 0.1) is 0 Å². The Morgan fingerprint density at radius 1 is 1.56 bits per heavy atom. The molecule has 100 valence electrons. The van der Waals surface area contributed by atoms with Crippen LogP contribution in [0.15, 0.2) is 16.3 Å². The van der Waals surface area contributed by atoms with E-state index in [1.54, 1.807) is 6.07 Å². The van der Waals surface area contributed by atoms with E-state index < -0.39 is 15.9 Å². The quantitative estimate of drug-likeness (QED) is 0.923. The van der Waals surface area contributed by atoms with Crippen molar-refractivity contribution in [2.75, 3.05) is 12.3 Å². The smallest absolute Gasteiger partial charge is 0.315 e. The fourth-order valence-corrected chi connectivity index (χ4v) is 5.29. The molecule has 0 aliphatic carbocycles. The summed E-state index contributed by atoms with van der Waals surface area (Å²) in [5.41, 5.74) is 5.22. The lowest BCUT2D eigenvalue weighted by Crippen LogP contribution is -2.42. The SMILES string of the molecule is NC(=O)N1CCC[C@H]1CS(=O)(=O)c1ccc(Cl)s1. The van der Waals surface area contributed by atoms with E-state index in [1.807, 2.05) is 0 Å². The molecule has 8 heteroatoms. The molecule has 1 saturated heterocycles. The van der Waals surface area contributed by atoms with E-state index >= 15 is 0 Å². The van der Waals surface area contributed by atoms with Gasteiger partial charge in [0.25, 0.3) is 0 Å². The summed E-state index contributed by atoms with van der Waals surface area (Å²) in [7, 11) is -3.40. The number of nitrogens with two attached hydrogens (primary N) is 1. The van der Waals surface area contributed by atoms with Crippen LogP contribution in [-0.4, -0.2) is 37.7 Å². The molecule has 0 radical (unpaired) electrons. The maximum atomic E-state index is 12.1. The van der Waals surface area contributed by atoms with E-state index in [1.165, 1.54) is 11.0 Å². The van der Waals surface area contributed by atoms with Crippen LogP contribution in [0.1, 0.15) is 12.8 Å². The fraction of sp³-hybridized carbons (Fsp3) is 0.500. The highest BCUT2D eigenvalue weighted by molar-refractivity contribution is 7.93. The Morgan fingerprint density at radius 3 is 2.83 bits per heavy atom. The molecule has 1 fully saturated rings. The molecule has 1 atom stereocenters. The first-order chi connectivity index (χ1) is 8.40. The Hall–Kier alpha value is -0.790. The third-order valence-corrected chi connectivity index (χ3v) is 6.54. The van der Waals surface area contributed by atoms with Crippen molar-refractivity contribution in [2.24, 2.45) is 5.73 Å². The first kappa shape index (κ1) is 13.6. The molecule has 1 aromatic heterocycles. The fourth-order valence-electron chi connectivity index (χ4n) is 2.10. The van der Waals surface area contributed by atoms with Crippen molar-refractivity contribution in [1.82, 2.24) is 4.90 Å². The lowest BCUT2D eigenvalue weighted by Gasteiger charge is -2.21. The maximum absolute atomic E-state index is 12.1. The summed E-state index contributed by atoms with van der Waals surface area (Å²) < 4.78 is 25.0. The zero-order valence-corrected chi connectivity index (χ0v) is 11.9. The molecule has 5 nitrogen and oxygen atoms in total. The van der Waals surface area contributed by atoms with E-state index in [4.69, 9.17) is 17.3 Å². The first-order valence-corrected chi connectivity index (χ1v) is 8.29. The van der Waals surface area contributed by atoms with Gasteiger partial charge in [0.15, 0.2) is 9.84 Å². The number of halogens is 1. The molecular formula is C10H13ClN2O3S2. The highest BCUT2D eigenvalue weighted by Crippen LogP contribution is 2.28. The number of thiophene rings is 1. The summed E-state index contributed by atoms with van der Waals surface area (Å²) in [6.07, 6.45) is 1.45. The zero-order valence-electron chi connectivity index (χ0n) is 9.50. The Bertz CT molecular complexity index is 555. The Morgan fingerprint density at radius 2 is 2.28 bits per heavy atom. The van der Waals surface area contributed by atoms with Gasteiger partial charge in [0.05, 0.1) is 10.1 Å². The van der Waals surface area contributed by atoms with Crippen LogP contribution in [0.3, 0.4) is 0 Å². The summed E-state index contributed by atoms with van der Waals surface area (Å²) in [4.78, 5) is 12.6. The number of carbonyl (C=O) groups excluding carboxylic acids is 1. The number of nitrogens with zero attached hydrogens (tertiary/aromatic N) is 1. The Balaban J connectivity index is 2.16. The van der Waals surface area contributed by atoms with Gasteiger partial charge >= 0.3 is 6.03 Å². The van der Waals surface area contributed by atoms with E-state index in [-0.39, 0.29) is 16.0 Å². The molecule has 2 heterocycles. The highest BCUT2D eigenvalue weighted by Gasteiger charge is 2.32. The van der Waals surface area contributed by atoms with Gasteiger partial charge in [0.1, 0.15) is 4.21 Å². The topological polar surface area (TPSA) is 80.5 Å². The molecule has 0 bridgehead atoms. The third-order valence-electron chi connectivity index (χ3n) is 2.93. The summed E-state index contributed by atoms with van der Waals surface area (Å²) in [6.45, 7) is 0.528. The summed E-state index contributed by atoms with van der Waals surface area (Å²) in [6, 6.07) is 2.16. The third kappa shape index (κ3) is 2.78. The lowest BCUT2D eigenvalue weighted by atomic mass is 10.2. The van der Waals surface area contributed by atoms with Crippen LogP contribution in [0.25, 0.3) is 0 Å². The summed E-state index contributed by atoms with van der Waals surface area (Å²) >= 11 is 6.76. The van der Waals surface area contributed by atoms with Crippen LogP contribution in [0.5, 0.6) is 0 Å². The molecule has 0 aromatic carbocycles. The van der Waals surface area contributed by atoms with Gasteiger partial charge in [-0.1, -0.05) is 11.6 Å². The number of carbonyl (C=O) groups is 1. The van der Waals surface area contributed by atoms with Crippen molar-refractivity contribution in [3.63, 3.8) is 0 Å². The van der Waals surface area contributed by atoms with Gasteiger partial charge in [-0.3, -0.25) is 0 Å². The summed E-state index contributed by atoms with van der Waals surface area (Å²) in [5, 5.41) is 0. The zero-order chi connectivity index (χ0) is 13.3. The predicted octanol–water partition coefficient (Wildman–Crippen LogP) is 1.72. The van der Waals surface area contributed by atoms with Gasteiger partial charge < -0.3 is 10.6 Å². The molecule has 1 aromatic rings. The minimum absolute atomic E-state index is 0.0905. The van der Waals surface area contributed by atoms with Gasteiger partial charge in [0, 0.05) is 12.6 Å². The average Bonchev–Trinajstić information content (AvgIpc) is 2.86. The van der Waals surface area contributed by atoms with Crippen molar-refractivity contribution >= 4 is 38.8 Å². The molecule has 2 N–H and O–H groups in total. The van der Waals surface area contributed by atoms with Crippen LogP contribution < -0.4 is 5.73 Å². The molecule has 2 rings (SSSR count). The number of rotatable bonds is 3. The van der Waals surface area contributed by atoms with Gasteiger partial charge in [-0.15, -0.1) is 11.3 Å². The van der Waals surface area contributed by atoms with E-state index in [2.05, 4.69) is 0 Å². The monoisotopic (exact) mass is 308 g/mol. The van der Waals surface area contributed by atoms with Crippen molar-refractivity contribution in [1.29, 1.82) is 0 Å². The molecule has 0 saturated carbocycles.